The molecule has 2 rings (SSSR count). The van der Waals surface area contributed by atoms with Gasteiger partial charge in [-0.1, -0.05) is 25.5 Å². The molecule has 0 bridgehead atoms. The van der Waals surface area contributed by atoms with Gasteiger partial charge in [0, 0.05) is 18.0 Å². The van der Waals surface area contributed by atoms with Gasteiger partial charge in [-0.25, -0.2) is 0 Å². The summed E-state index contributed by atoms with van der Waals surface area (Å²) < 4.78 is 1.68. The molecule has 4 nitrogen and oxygen atoms in total. The zero-order chi connectivity index (χ0) is 14.0. The lowest BCUT2D eigenvalue weighted by Gasteiger charge is -2.06. The van der Waals surface area contributed by atoms with Crippen LogP contribution in [-0.2, 0) is 17.6 Å². The van der Waals surface area contributed by atoms with Crippen molar-refractivity contribution in [2.45, 2.75) is 33.1 Å². The topological polar surface area (TPSA) is 59.3 Å². The molecule has 2 aromatic rings. The molecule has 0 unspecified atom stereocenters. The summed E-state index contributed by atoms with van der Waals surface area (Å²) in [6.07, 6.45) is 1.77. The number of fused-ring (bicyclic) bond motifs is 1. The first kappa shape index (κ1) is 13.3. The summed E-state index contributed by atoms with van der Waals surface area (Å²) in [7, 11) is 0. The van der Waals surface area contributed by atoms with Gasteiger partial charge < -0.3 is 5.11 Å². The Kier molecular flexibility index (Phi) is 3.69. The SMILES string of the molecule is CCCc1cc2ccc(CC(=O)O)cc2n1C(C)=O. The second-order valence-electron chi connectivity index (χ2n) is 4.70. The molecule has 0 atom stereocenters. The van der Waals surface area contributed by atoms with E-state index in [2.05, 4.69) is 6.92 Å². The van der Waals surface area contributed by atoms with E-state index in [-0.39, 0.29) is 12.3 Å². The van der Waals surface area contributed by atoms with Gasteiger partial charge in [-0.3, -0.25) is 14.2 Å². The first-order valence-corrected chi connectivity index (χ1v) is 6.39. The van der Waals surface area contributed by atoms with Crippen LogP contribution in [0.1, 0.15) is 36.3 Å². The van der Waals surface area contributed by atoms with Crippen LogP contribution < -0.4 is 0 Å². The number of carboxylic acids is 1. The molecule has 4 heteroatoms. The predicted octanol–water partition coefficient (Wildman–Crippen LogP) is 2.88. The van der Waals surface area contributed by atoms with E-state index in [0.717, 1.165) is 29.4 Å². The van der Waals surface area contributed by atoms with Crippen molar-refractivity contribution in [1.29, 1.82) is 0 Å². The molecule has 0 saturated heterocycles. The number of aryl methyl sites for hydroxylation is 1. The molecule has 0 saturated carbocycles. The van der Waals surface area contributed by atoms with E-state index in [9.17, 15) is 9.59 Å². The van der Waals surface area contributed by atoms with Crippen molar-refractivity contribution in [3.05, 3.63) is 35.5 Å². The van der Waals surface area contributed by atoms with Crippen LogP contribution in [0.25, 0.3) is 10.9 Å². The number of carbonyl (C=O) groups excluding carboxylic acids is 1. The maximum absolute atomic E-state index is 11.8. The molecule has 0 fully saturated rings. The van der Waals surface area contributed by atoms with Gasteiger partial charge in [0.05, 0.1) is 11.9 Å². The molecule has 1 aromatic carbocycles. The molecule has 0 amide bonds. The smallest absolute Gasteiger partial charge is 0.307 e. The van der Waals surface area contributed by atoms with Crippen molar-refractivity contribution in [3.63, 3.8) is 0 Å². The summed E-state index contributed by atoms with van der Waals surface area (Å²) in [5.41, 5.74) is 2.50. The quantitative estimate of drug-likeness (QED) is 0.918. The van der Waals surface area contributed by atoms with Crippen LogP contribution in [0.3, 0.4) is 0 Å². The average molecular weight is 259 g/mol. The first-order valence-electron chi connectivity index (χ1n) is 6.39. The third kappa shape index (κ3) is 2.67. The van der Waals surface area contributed by atoms with Crippen molar-refractivity contribution in [2.24, 2.45) is 0 Å². The van der Waals surface area contributed by atoms with E-state index in [1.165, 1.54) is 6.92 Å². The zero-order valence-corrected chi connectivity index (χ0v) is 11.1. The fourth-order valence-electron chi connectivity index (χ4n) is 2.40. The lowest BCUT2D eigenvalue weighted by molar-refractivity contribution is -0.136. The number of aliphatic carboxylic acids is 1. The Labute approximate surface area is 111 Å². The fraction of sp³-hybridized carbons (Fsp3) is 0.333. The van der Waals surface area contributed by atoms with Gasteiger partial charge in [0.2, 0.25) is 5.91 Å². The van der Waals surface area contributed by atoms with E-state index in [1.807, 2.05) is 12.1 Å². The Bertz CT molecular complexity index is 640. The van der Waals surface area contributed by atoms with E-state index in [1.54, 1.807) is 16.7 Å². The highest BCUT2D eigenvalue weighted by molar-refractivity contribution is 5.93. The van der Waals surface area contributed by atoms with E-state index < -0.39 is 5.97 Å². The maximum Gasteiger partial charge on any atom is 0.307 e. The van der Waals surface area contributed by atoms with Gasteiger partial charge >= 0.3 is 5.97 Å². The van der Waals surface area contributed by atoms with Crippen LogP contribution >= 0.6 is 0 Å². The van der Waals surface area contributed by atoms with Gasteiger partial charge in [0.15, 0.2) is 0 Å². The second-order valence-corrected chi connectivity index (χ2v) is 4.70. The minimum absolute atomic E-state index is 0.0257. The molecule has 0 aliphatic rings. The molecule has 0 aliphatic carbocycles. The number of nitrogens with zero attached hydrogens (tertiary/aromatic N) is 1. The Morgan fingerprint density at radius 3 is 2.58 bits per heavy atom. The highest BCUT2D eigenvalue weighted by Crippen LogP contribution is 2.22. The highest BCUT2D eigenvalue weighted by atomic mass is 16.4. The van der Waals surface area contributed by atoms with E-state index in [0.29, 0.717) is 5.56 Å². The Morgan fingerprint density at radius 2 is 2.00 bits per heavy atom. The fourth-order valence-corrected chi connectivity index (χ4v) is 2.40. The average Bonchev–Trinajstić information content (AvgIpc) is 2.66. The number of benzene rings is 1. The molecule has 0 radical (unpaired) electrons. The van der Waals surface area contributed by atoms with Crippen LogP contribution in [0.15, 0.2) is 24.3 Å². The van der Waals surface area contributed by atoms with Crippen molar-refractivity contribution >= 4 is 22.8 Å². The summed E-state index contributed by atoms with van der Waals surface area (Å²) in [5.74, 6) is -0.903. The number of carbonyl (C=O) groups is 2. The number of carboxylic acid groups (broad SMARTS) is 1. The predicted molar refractivity (Wildman–Crippen MR) is 73.6 cm³/mol. The molecule has 0 aliphatic heterocycles. The molecule has 1 heterocycles. The Morgan fingerprint density at radius 1 is 1.26 bits per heavy atom. The standard InChI is InChI=1S/C15H17NO3/c1-3-4-13-9-12-6-5-11(8-15(18)19)7-14(12)16(13)10(2)17/h5-7,9H,3-4,8H2,1-2H3,(H,18,19). The lowest BCUT2D eigenvalue weighted by Crippen LogP contribution is -2.09. The largest absolute Gasteiger partial charge is 0.481 e. The summed E-state index contributed by atoms with van der Waals surface area (Å²) in [4.78, 5) is 22.6. The van der Waals surface area contributed by atoms with Crippen molar-refractivity contribution < 1.29 is 14.7 Å². The number of hydrogen-bond donors (Lipinski definition) is 1. The highest BCUT2D eigenvalue weighted by Gasteiger charge is 2.12. The maximum atomic E-state index is 11.8. The van der Waals surface area contributed by atoms with Gasteiger partial charge in [-0.2, -0.15) is 0 Å². The summed E-state index contributed by atoms with van der Waals surface area (Å²) >= 11 is 0. The zero-order valence-electron chi connectivity index (χ0n) is 11.1. The molecular weight excluding hydrogens is 242 g/mol. The lowest BCUT2D eigenvalue weighted by atomic mass is 10.1. The van der Waals surface area contributed by atoms with Crippen molar-refractivity contribution in [2.75, 3.05) is 0 Å². The van der Waals surface area contributed by atoms with Crippen molar-refractivity contribution in [1.82, 2.24) is 4.57 Å². The third-order valence-corrected chi connectivity index (χ3v) is 3.12. The van der Waals surface area contributed by atoms with Crippen LogP contribution in [0, 0.1) is 0 Å². The summed E-state index contributed by atoms with van der Waals surface area (Å²) in [6, 6.07) is 7.48. The van der Waals surface area contributed by atoms with Gasteiger partial charge in [0.25, 0.3) is 0 Å². The van der Waals surface area contributed by atoms with Gasteiger partial charge in [-0.05, 0) is 24.1 Å². The molecule has 19 heavy (non-hydrogen) atoms. The number of hydrogen-bond acceptors (Lipinski definition) is 2. The van der Waals surface area contributed by atoms with Gasteiger partial charge in [0.1, 0.15) is 0 Å². The Balaban J connectivity index is 2.58. The molecule has 0 spiro atoms. The number of aromatic nitrogens is 1. The second kappa shape index (κ2) is 5.26. The third-order valence-electron chi connectivity index (χ3n) is 3.12. The monoisotopic (exact) mass is 259 g/mol. The summed E-state index contributed by atoms with van der Waals surface area (Å²) in [6.45, 7) is 3.60. The number of rotatable bonds is 4. The van der Waals surface area contributed by atoms with Crippen molar-refractivity contribution in [3.8, 4) is 0 Å². The van der Waals surface area contributed by atoms with E-state index in [4.69, 9.17) is 5.11 Å². The van der Waals surface area contributed by atoms with Gasteiger partial charge in [-0.15, -0.1) is 0 Å². The minimum Gasteiger partial charge on any atom is -0.481 e. The Hall–Kier alpha value is -2.10. The normalized spacial score (nSPS) is 10.8. The molecule has 1 aromatic heterocycles. The van der Waals surface area contributed by atoms with Crippen LogP contribution in [0.4, 0.5) is 0 Å². The first-order chi connectivity index (χ1) is 9.02. The molecular formula is C15H17NO3. The minimum atomic E-state index is -0.867. The summed E-state index contributed by atoms with van der Waals surface area (Å²) in [5, 5.41) is 9.81. The van der Waals surface area contributed by atoms with Crippen LogP contribution in [-0.4, -0.2) is 21.6 Å². The van der Waals surface area contributed by atoms with E-state index >= 15 is 0 Å². The molecule has 100 valence electrons. The van der Waals surface area contributed by atoms with Crippen LogP contribution in [0.5, 0.6) is 0 Å². The van der Waals surface area contributed by atoms with Crippen LogP contribution in [0.2, 0.25) is 0 Å². The molecule has 1 N–H and O–H groups in total.